The van der Waals surface area contributed by atoms with Gasteiger partial charge in [-0.25, -0.2) is 4.68 Å². The van der Waals surface area contributed by atoms with Gasteiger partial charge in [-0.15, -0.1) is 5.10 Å². The van der Waals surface area contributed by atoms with E-state index >= 15 is 0 Å². The molecule has 2 amide bonds. The van der Waals surface area contributed by atoms with Crippen LogP contribution in [0.3, 0.4) is 0 Å². The van der Waals surface area contributed by atoms with E-state index in [4.69, 9.17) is 4.74 Å². The second kappa shape index (κ2) is 10.0. The number of nitrogens with zero attached hydrogens (tertiary/aromatic N) is 3. The van der Waals surface area contributed by atoms with Gasteiger partial charge in [-0.2, -0.15) is 0 Å². The lowest BCUT2D eigenvalue weighted by molar-refractivity contribution is -0.120. The number of ether oxygens (including phenoxy) is 1. The molecule has 3 rings (SSSR count). The summed E-state index contributed by atoms with van der Waals surface area (Å²) in [6.07, 6.45) is 1.79. The highest BCUT2D eigenvalue weighted by atomic mass is 16.5. The molecule has 0 bridgehead atoms. The Labute approximate surface area is 168 Å². The third-order valence-electron chi connectivity index (χ3n) is 4.27. The van der Waals surface area contributed by atoms with E-state index in [0.29, 0.717) is 25.4 Å². The van der Waals surface area contributed by atoms with Crippen LogP contribution >= 0.6 is 0 Å². The Hall–Kier alpha value is -3.68. The van der Waals surface area contributed by atoms with Gasteiger partial charge in [-0.1, -0.05) is 53.7 Å². The zero-order valence-corrected chi connectivity index (χ0v) is 16.2. The first-order chi connectivity index (χ1) is 14.2. The minimum absolute atomic E-state index is 0.115. The summed E-state index contributed by atoms with van der Waals surface area (Å²) in [4.78, 5) is 24.3. The lowest BCUT2D eigenvalue weighted by Gasteiger charge is -2.08. The quantitative estimate of drug-likeness (QED) is 0.575. The van der Waals surface area contributed by atoms with E-state index in [-0.39, 0.29) is 23.9 Å². The SMILES string of the molecule is COc1ccccc1CC(=O)NCCn1cc(C(=O)NCc2ccccc2)nn1. The van der Waals surface area contributed by atoms with Gasteiger partial charge in [-0.3, -0.25) is 9.59 Å². The number of para-hydroxylation sites is 1. The molecule has 0 unspecified atom stereocenters. The van der Waals surface area contributed by atoms with E-state index in [1.807, 2.05) is 54.6 Å². The number of carbonyl (C=O) groups is 2. The summed E-state index contributed by atoms with van der Waals surface area (Å²) in [6, 6.07) is 17.0. The number of hydrogen-bond donors (Lipinski definition) is 2. The van der Waals surface area contributed by atoms with Crippen molar-refractivity contribution in [2.45, 2.75) is 19.5 Å². The summed E-state index contributed by atoms with van der Waals surface area (Å²) < 4.78 is 6.78. The summed E-state index contributed by atoms with van der Waals surface area (Å²) >= 11 is 0. The lowest BCUT2D eigenvalue weighted by atomic mass is 10.1. The zero-order valence-electron chi connectivity index (χ0n) is 16.2. The zero-order chi connectivity index (χ0) is 20.5. The van der Waals surface area contributed by atoms with Gasteiger partial charge in [0.2, 0.25) is 5.91 Å². The number of nitrogens with one attached hydrogen (secondary N) is 2. The molecule has 0 radical (unpaired) electrons. The summed E-state index contributed by atoms with van der Waals surface area (Å²) in [5.41, 5.74) is 2.07. The Morgan fingerprint density at radius 2 is 1.79 bits per heavy atom. The molecule has 8 heteroatoms. The number of aromatic nitrogens is 3. The Balaban J connectivity index is 1.43. The van der Waals surface area contributed by atoms with Crippen LogP contribution < -0.4 is 15.4 Å². The molecule has 29 heavy (non-hydrogen) atoms. The molecule has 8 nitrogen and oxygen atoms in total. The molecule has 0 fully saturated rings. The highest BCUT2D eigenvalue weighted by Gasteiger charge is 2.11. The van der Waals surface area contributed by atoms with Crippen molar-refractivity contribution in [3.05, 3.63) is 77.6 Å². The van der Waals surface area contributed by atoms with E-state index in [1.54, 1.807) is 13.3 Å². The standard InChI is InChI=1S/C21H23N5O3/c1-29-19-10-6-5-9-17(19)13-20(27)22-11-12-26-15-18(24-25-26)21(28)23-14-16-7-3-2-4-8-16/h2-10,15H,11-14H2,1H3,(H,22,27)(H,23,28). The predicted octanol–water partition coefficient (Wildman–Crippen LogP) is 1.58. The second-order valence-corrected chi connectivity index (χ2v) is 6.37. The molecule has 0 saturated carbocycles. The Morgan fingerprint density at radius 3 is 2.59 bits per heavy atom. The Bertz CT molecular complexity index is 956. The first-order valence-electron chi connectivity index (χ1n) is 9.26. The van der Waals surface area contributed by atoms with E-state index in [2.05, 4.69) is 20.9 Å². The molecule has 3 aromatic rings. The minimum atomic E-state index is -0.291. The molecular weight excluding hydrogens is 370 g/mol. The molecule has 0 saturated heterocycles. The molecule has 0 aliphatic carbocycles. The third-order valence-corrected chi connectivity index (χ3v) is 4.27. The van der Waals surface area contributed by atoms with Gasteiger partial charge >= 0.3 is 0 Å². The molecule has 1 heterocycles. The van der Waals surface area contributed by atoms with Crippen molar-refractivity contribution in [2.24, 2.45) is 0 Å². The molecule has 0 aliphatic rings. The van der Waals surface area contributed by atoms with E-state index in [1.165, 1.54) is 4.68 Å². The summed E-state index contributed by atoms with van der Waals surface area (Å²) in [5.74, 6) is 0.279. The highest BCUT2D eigenvalue weighted by molar-refractivity contribution is 5.91. The number of carbonyl (C=O) groups excluding carboxylic acids is 2. The fourth-order valence-electron chi connectivity index (χ4n) is 2.77. The van der Waals surface area contributed by atoms with Crippen LogP contribution in [0.4, 0.5) is 0 Å². The lowest BCUT2D eigenvalue weighted by Crippen LogP contribution is -2.28. The normalized spacial score (nSPS) is 10.4. The third kappa shape index (κ3) is 5.90. The molecule has 2 aromatic carbocycles. The van der Waals surface area contributed by atoms with Crippen molar-refractivity contribution in [3.63, 3.8) is 0 Å². The maximum Gasteiger partial charge on any atom is 0.273 e. The van der Waals surface area contributed by atoms with Crippen LogP contribution in [0.15, 0.2) is 60.8 Å². The van der Waals surface area contributed by atoms with Crippen molar-refractivity contribution < 1.29 is 14.3 Å². The minimum Gasteiger partial charge on any atom is -0.496 e. The average molecular weight is 393 g/mol. The van der Waals surface area contributed by atoms with Gasteiger partial charge in [0, 0.05) is 18.7 Å². The highest BCUT2D eigenvalue weighted by Crippen LogP contribution is 2.17. The molecule has 2 N–H and O–H groups in total. The molecule has 1 aromatic heterocycles. The number of benzene rings is 2. The van der Waals surface area contributed by atoms with Crippen LogP contribution in [0.1, 0.15) is 21.6 Å². The van der Waals surface area contributed by atoms with Gasteiger partial charge in [0.1, 0.15) is 5.75 Å². The van der Waals surface area contributed by atoms with Crippen molar-refractivity contribution in [1.82, 2.24) is 25.6 Å². The van der Waals surface area contributed by atoms with Crippen molar-refractivity contribution in [2.75, 3.05) is 13.7 Å². The first-order valence-corrected chi connectivity index (χ1v) is 9.26. The van der Waals surface area contributed by atoms with Gasteiger partial charge in [0.05, 0.1) is 26.3 Å². The van der Waals surface area contributed by atoms with Crippen molar-refractivity contribution in [1.29, 1.82) is 0 Å². The Morgan fingerprint density at radius 1 is 1.03 bits per heavy atom. The van der Waals surface area contributed by atoms with Gasteiger partial charge in [0.25, 0.3) is 5.91 Å². The predicted molar refractivity (Wildman–Crippen MR) is 107 cm³/mol. The summed E-state index contributed by atoms with van der Waals surface area (Å²) in [6.45, 7) is 1.21. The van der Waals surface area contributed by atoms with E-state index in [0.717, 1.165) is 11.1 Å². The maximum absolute atomic E-state index is 12.2. The number of methoxy groups -OCH3 is 1. The molecule has 0 atom stereocenters. The van der Waals surface area contributed by atoms with Crippen LogP contribution in [0.5, 0.6) is 5.75 Å². The largest absolute Gasteiger partial charge is 0.496 e. The second-order valence-electron chi connectivity index (χ2n) is 6.37. The van der Waals surface area contributed by atoms with Crippen LogP contribution in [0.25, 0.3) is 0 Å². The smallest absolute Gasteiger partial charge is 0.273 e. The van der Waals surface area contributed by atoms with Crippen LogP contribution in [0.2, 0.25) is 0 Å². The molecule has 0 spiro atoms. The fraction of sp³-hybridized carbons (Fsp3) is 0.238. The average Bonchev–Trinajstić information content (AvgIpc) is 3.22. The number of hydrogen-bond acceptors (Lipinski definition) is 5. The van der Waals surface area contributed by atoms with Crippen molar-refractivity contribution >= 4 is 11.8 Å². The number of rotatable bonds is 9. The summed E-state index contributed by atoms with van der Waals surface area (Å²) in [5, 5.41) is 13.5. The Kier molecular flexibility index (Phi) is 6.94. The van der Waals surface area contributed by atoms with Gasteiger partial charge in [-0.05, 0) is 11.6 Å². The number of amides is 2. The van der Waals surface area contributed by atoms with E-state index < -0.39 is 0 Å². The van der Waals surface area contributed by atoms with Crippen molar-refractivity contribution in [3.8, 4) is 5.75 Å². The van der Waals surface area contributed by atoms with E-state index in [9.17, 15) is 9.59 Å². The first kappa shape index (κ1) is 20.1. The van der Waals surface area contributed by atoms with Crippen LogP contribution in [-0.4, -0.2) is 40.5 Å². The molecular formula is C21H23N5O3. The topological polar surface area (TPSA) is 98.1 Å². The maximum atomic E-state index is 12.2. The van der Waals surface area contributed by atoms with Gasteiger partial charge in [0.15, 0.2) is 5.69 Å². The fourth-order valence-corrected chi connectivity index (χ4v) is 2.77. The summed E-state index contributed by atoms with van der Waals surface area (Å²) in [7, 11) is 1.58. The van der Waals surface area contributed by atoms with Gasteiger partial charge < -0.3 is 15.4 Å². The monoisotopic (exact) mass is 393 g/mol. The van der Waals surface area contributed by atoms with Crippen LogP contribution in [-0.2, 0) is 24.3 Å². The molecule has 150 valence electrons. The molecule has 0 aliphatic heterocycles. The van der Waals surface area contributed by atoms with Crippen LogP contribution in [0, 0.1) is 0 Å².